The predicted molar refractivity (Wildman–Crippen MR) is 80.3 cm³/mol. The third-order valence-electron chi connectivity index (χ3n) is 2.40. The molecule has 4 nitrogen and oxygen atoms in total. The number of nitrogens with two attached hydrogens (primary N) is 1. The molecule has 0 bridgehead atoms. The summed E-state index contributed by atoms with van der Waals surface area (Å²) < 4.78 is 1.12. The highest BCUT2D eigenvalue weighted by molar-refractivity contribution is 14.1. The van der Waals surface area contributed by atoms with Crippen LogP contribution < -0.4 is 11.1 Å². The van der Waals surface area contributed by atoms with Crippen LogP contribution in [0.3, 0.4) is 0 Å². The van der Waals surface area contributed by atoms with Gasteiger partial charge in [-0.1, -0.05) is 6.07 Å². The number of aromatic carboxylic acids is 1. The second-order valence-corrected chi connectivity index (χ2v) is 4.99. The van der Waals surface area contributed by atoms with Crippen LogP contribution in [0.15, 0.2) is 42.5 Å². The third kappa shape index (κ3) is 2.92. The van der Waals surface area contributed by atoms with E-state index in [9.17, 15) is 4.79 Å². The molecule has 0 aliphatic heterocycles. The average molecular weight is 354 g/mol. The van der Waals surface area contributed by atoms with Gasteiger partial charge in [0.1, 0.15) is 0 Å². The summed E-state index contributed by atoms with van der Waals surface area (Å²) in [6.45, 7) is 0. The van der Waals surface area contributed by atoms with Gasteiger partial charge in [0, 0.05) is 20.6 Å². The molecule has 2 aromatic rings. The van der Waals surface area contributed by atoms with Crippen LogP contribution in [0.5, 0.6) is 0 Å². The number of carbonyl (C=O) groups is 1. The first-order chi connectivity index (χ1) is 8.56. The van der Waals surface area contributed by atoms with E-state index in [2.05, 4.69) is 27.9 Å². The van der Waals surface area contributed by atoms with Gasteiger partial charge >= 0.3 is 5.97 Å². The van der Waals surface area contributed by atoms with Crippen LogP contribution in [-0.2, 0) is 0 Å². The Kier molecular flexibility index (Phi) is 3.71. The molecule has 2 aromatic carbocycles. The Morgan fingerprint density at radius 3 is 2.50 bits per heavy atom. The van der Waals surface area contributed by atoms with Crippen molar-refractivity contribution in [2.24, 2.45) is 0 Å². The van der Waals surface area contributed by atoms with Crippen LogP contribution >= 0.6 is 22.6 Å². The molecule has 0 amide bonds. The van der Waals surface area contributed by atoms with Crippen molar-refractivity contribution < 1.29 is 9.90 Å². The van der Waals surface area contributed by atoms with Crippen molar-refractivity contribution in [1.82, 2.24) is 0 Å². The van der Waals surface area contributed by atoms with Crippen LogP contribution in [0, 0.1) is 3.57 Å². The lowest BCUT2D eigenvalue weighted by Gasteiger charge is -2.09. The Hall–Kier alpha value is -1.76. The van der Waals surface area contributed by atoms with Gasteiger partial charge in [0.05, 0.1) is 5.56 Å². The van der Waals surface area contributed by atoms with Gasteiger partial charge in [-0.05, 0) is 59.0 Å². The van der Waals surface area contributed by atoms with Crippen LogP contribution in [0.1, 0.15) is 10.4 Å². The average Bonchev–Trinajstić information content (AvgIpc) is 2.28. The molecule has 0 saturated heterocycles. The van der Waals surface area contributed by atoms with E-state index in [1.165, 1.54) is 6.07 Å². The molecule has 0 aliphatic rings. The number of hydrogen-bond acceptors (Lipinski definition) is 3. The molecule has 2 rings (SSSR count). The molecular formula is C13H11IN2O2. The highest BCUT2D eigenvalue weighted by Gasteiger charge is 2.07. The van der Waals surface area contributed by atoms with Gasteiger partial charge in [-0.3, -0.25) is 0 Å². The lowest BCUT2D eigenvalue weighted by molar-refractivity contribution is 0.0698. The molecule has 92 valence electrons. The van der Waals surface area contributed by atoms with E-state index in [0.717, 1.165) is 14.9 Å². The van der Waals surface area contributed by atoms with Crippen LogP contribution in [0.4, 0.5) is 17.1 Å². The Labute approximate surface area is 118 Å². The SMILES string of the molecule is Nc1cc(Nc2cccc(I)c2)ccc1C(=O)O. The summed E-state index contributed by atoms with van der Waals surface area (Å²) >= 11 is 2.23. The lowest BCUT2D eigenvalue weighted by atomic mass is 10.1. The molecule has 0 heterocycles. The predicted octanol–water partition coefficient (Wildman–Crippen LogP) is 3.32. The number of hydrogen-bond donors (Lipinski definition) is 3. The molecule has 0 fully saturated rings. The van der Waals surface area contributed by atoms with Crippen molar-refractivity contribution in [1.29, 1.82) is 0 Å². The Bertz CT molecular complexity index is 599. The maximum Gasteiger partial charge on any atom is 0.337 e. The molecule has 0 unspecified atom stereocenters. The quantitative estimate of drug-likeness (QED) is 0.584. The number of halogens is 1. The van der Waals surface area contributed by atoms with Crippen LogP contribution in [0.25, 0.3) is 0 Å². The van der Waals surface area contributed by atoms with E-state index in [-0.39, 0.29) is 11.3 Å². The van der Waals surface area contributed by atoms with E-state index >= 15 is 0 Å². The van der Waals surface area contributed by atoms with Gasteiger partial charge in [0.15, 0.2) is 0 Å². The Morgan fingerprint density at radius 2 is 1.89 bits per heavy atom. The summed E-state index contributed by atoms with van der Waals surface area (Å²) in [7, 11) is 0. The highest BCUT2D eigenvalue weighted by atomic mass is 127. The second kappa shape index (κ2) is 5.26. The van der Waals surface area contributed by atoms with Gasteiger partial charge < -0.3 is 16.2 Å². The van der Waals surface area contributed by atoms with Crippen molar-refractivity contribution in [3.05, 3.63) is 51.6 Å². The number of rotatable bonds is 3. The van der Waals surface area contributed by atoms with E-state index in [4.69, 9.17) is 10.8 Å². The summed E-state index contributed by atoms with van der Waals surface area (Å²) in [5.41, 5.74) is 7.74. The van der Waals surface area contributed by atoms with Crippen LogP contribution in [0.2, 0.25) is 0 Å². The maximum atomic E-state index is 10.8. The smallest absolute Gasteiger partial charge is 0.337 e. The van der Waals surface area contributed by atoms with Crippen molar-refractivity contribution in [3.63, 3.8) is 0 Å². The lowest BCUT2D eigenvalue weighted by Crippen LogP contribution is -2.03. The standard InChI is InChI=1S/C13H11IN2O2/c14-8-2-1-3-9(6-8)16-10-4-5-11(13(17)18)12(15)7-10/h1-7,16H,15H2,(H,17,18). The molecule has 0 saturated carbocycles. The number of anilines is 3. The number of carboxylic acids is 1. The molecule has 18 heavy (non-hydrogen) atoms. The summed E-state index contributed by atoms with van der Waals surface area (Å²) in [5.74, 6) is -1.02. The first-order valence-electron chi connectivity index (χ1n) is 5.21. The number of nitrogens with one attached hydrogen (secondary N) is 1. The van der Waals surface area contributed by atoms with Gasteiger partial charge in [0.25, 0.3) is 0 Å². The van der Waals surface area contributed by atoms with Gasteiger partial charge in [-0.2, -0.15) is 0 Å². The number of benzene rings is 2. The highest BCUT2D eigenvalue weighted by Crippen LogP contribution is 2.22. The fraction of sp³-hybridized carbons (Fsp3) is 0. The van der Waals surface area contributed by atoms with Gasteiger partial charge in [-0.15, -0.1) is 0 Å². The molecule has 5 heteroatoms. The normalized spacial score (nSPS) is 10.1. The molecule has 0 atom stereocenters. The van der Waals surface area contributed by atoms with Gasteiger partial charge in [-0.25, -0.2) is 4.79 Å². The van der Waals surface area contributed by atoms with E-state index in [1.54, 1.807) is 12.1 Å². The summed E-state index contributed by atoms with van der Waals surface area (Å²) in [4.78, 5) is 10.8. The monoisotopic (exact) mass is 354 g/mol. The first-order valence-corrected chi connectivity index (χ1v) is 6.29. The van der Waals surface area contributed by atoms with Crippen molar-refractivity contribution in [2.45, 2.75) is 0 Å². The minimum absolute atomic E-state index is 0.114. The number of carboxylic acid groups (broad SMARTS) is 1. The Morgan fingerprint density at radius 1 is 1.17 bits per heavy atom. The summed E-state index contributed by atoms with van der Waals surface area (Å²) in [5, 5.41) is 12.1. The van der Waals surface area contributed by atoms with E-state index in [1.807, 2.05) is 24.3 Å². The third-order valence-corrected chi connectivity index (χ3v) is 3.07. The summed E-state index contributed by atoms with van der Waals surface area (Å²) in [6, 6.07) is 12.7. The fourth-order valence-corrected chi connectivity index (χ4v) is 2.11. The largest absolute Gasteiger partial charge is 0.478 e. The second-order valence-electron chi connectivity index (χ2n) is 3.74. The molecule has 0 spiro atoms. The Balaban J connectivity index is 2.25. The zero-order valence-electron chi connectivity index (χ0n) is 9.35. The zero-order valence-corrected chi connectivity index (χ0v) is 11.5. The maximum absolute atomic E-state index is 10.8. The van der Waals surface area contributed by atoms with Crippen molar-refractivity contribution >= 4 is 45.6 Å². The molecule has 0 aromatic heterocycles. The number of nitrogen functional groups attached to an aromatic ring is 1. The van der Waals surface area contributed by atoms with Crippen molar-refractivity contribution in [3.8, 4) is 0 Å². The molecular weight excluding hydrogens is 343 g/mol. The minimum Gasteiger partial charge on any atom is -0.478 e. The van der Waals surface area contributed by atoms with Gasteiger partial charge in [0.2, 0.25) is 0 Å². The fourth-order valence-electron chi connectivity index (χ4n) is 1.57. The first kappa shape index (κ1) is 12.7. The molecule has 0 radical (unpaired) electrons. The summed E-state index contributed by atoms with van der Waals surface area (Å²) in [6.07, 6.45) is 0. The van der Waals surface area contributed by atoms with E-state index < -0.39 is 5.97 Å². The molecule has 4 N–H and O–H groups in total. The van der Waals surface area contributed by atoms with Crippen molar-refractivity contribution in [2.75, 3.05) is 11.1 Å². The zero-order chi connectivity index (χ0) is 13.1. The minimum atomic E-state index is -1.02. The topological polar surface area (TPSA) is 75.3 Å². The molecule has 0 aliphatic carbocycles. The van der Waals surface area contributed by atoms with Crippen LogP contribution in [-0.4, -0.2) is 11.1 Å². The van der Waals surface area contributed by atoms with E-state index in [0.29, 0.717) is 0 Å².